The van der Waals surface area contributed by atoms with E-state index >= 15 is 0 Å². The molecule has 1 saturated heterocycles. The molecule has 17 heavy (non-hydrogen) atoms. The fourth-order valence-corrected chi connectivity index (χ4v) is 2.81. The lowest BCUT2D eigenvalue weighted by Crippen LogP contribution is -2.49. The van der Waals surface area contributed by atoms with Gasteiger partial charge < -0.3 is 10.0 Å². The average molecular weight is 242 g/mol. The number of nitrogens with zero attached hydrogens (tertiary/aromatic N) is 2. The Morgan fingerprint density at radius 3 is 2.53 bits per heavy atom. The molecule has 0 aromatic carbocycles. The molecule has 2 unspecified atom stereocenters. The van der Waals surface area contributed by atoms with Crippen molar-refractivity contribution >= 4 is 0 Å². The molecule has 1 N–H and O–H groups in total. The first-order valence-corrected chi connectivity index (χ1v) is 7.37. The molecule has 1 heterocycles. The van der Waals surface area contributed by atoms with Gasteiger partial charge in [-0.25, -0.2) is 0 Å². The van der Waals surface area contributed by atoms with Gasteiger partial charge in [0.2, 0.25) is 0 Å². The molecule has 2 atom stereocenters. The van der Waals surface area contributed by atoms with Gasteiger partial charge >= 0.3 is 0 Å². The lowest BCUT2D eigenvalue weighted by atomic mass is 9.96. The summed E-state index contributed by atoms with van der Waals surface area (Å²) >= 11 is 0. The van der Waals surface area contributed by atoms with E-state index < -0.39 is 0 Å². The van der Waals surface area contributed by atoms with Crippen molar-refractivity contribution in [2.45, 2.75) is 58.6 Å². The lowest BCUT2D eigenvalue weighted by molar-refractivity contribution is 0.0196. The van der Waals surface area contributed by atoms with E-state index in [4.69, 9.17) is 0 Å². The smallest absolute Gasteiger partial charge is 0.0692 e. The first-order valence-electron chi connectivity index (χ1n) is 7.37. The van der Waals surface area contributed by atoms with Crippen LogP contribution in [0.2, 0.25) is 0 Å². The monoisotopic (exact) mass is 242 g/mol. The highest BCUT2D eigenvalue weighted by molar-refractivity contribution is 4.82. The average Bonchev–Trinajstić information content (AvgIpc) is 2.39. The summed E-state index contributed by atoms with van der Waals surface area (Å²) in [6.07, 6.45) is 4.50. The molecule has 0 aromatic heterocycles. The van der Waals surface area contributed by atoms with Gasteiger partial charge in [-0.05, 0) is 38.9 Å². The summed E-state index contributed by atoms with van der Waals surface area (Å²) in [5.74, 6) is 0. The number of hydrogen-bond donors (Lipinski definition) is 1. The largest absolute Gasteiger partial charge is 0.392 e. The van der Waals surface area contributed by atoms with Crippen LogP contribution in [0, 0.1) is 0 Å². The van der Waals surface area contributed by atoms with Crippen LogP contribution in [0.5, 0.6) is 0 Å². The highest BCUT2D eigenvalue weighted by Crippen LogP contribution is 2.20. The Morgan fingerprint density at radius 1 is 1.24 bits per heavy atom. The molecule has 0 aromatic rings. The molecule has 1 aliphatic heterocycles. The van der Waals surface area contributed by atoms with E-state index in [0.717, 1.165) is 32.6 Å². The molecular formula is C14H30N2O. The number of rotatable bonds is 7. The second kappa shape index (κ2) is 8.06. The number of piperidine rings is 1. The molecule has 1 aliphatic rings. The van der Waals surface area contributed by atoms with Gasteiger partial charge in [-0.3, -0.25) is 4.90 Å². The Bertz CT molecular complexity index is 195. The van der Waals surface area contributed by atoms with E-state index in [0.29, 0.717) is 6.04 Å². The highest BCUT2D eigenvalue weighted by atomic mass is 16.3. The van der Waals surface area contributed by atoms with Crippen LogP contribution in [0.25, 0.3) is 0 Å². The Morgan fingerprint density at radius 2 is 1.94 bits per heavy atom. The third-order valence-corrected chi connectivity index (χ3v) is 4.12. The summed E-state index contributed by atoms with van der Waals surface area (Å²) in [6.45, 7) is 12.2. The van der Waals surface area contributed by atoms with Crippen LogP contribution in [0.15, 0.2) is 0 Å². The van der Waals surface area contributed by atoms with Crippen molar-refractivity contribution in [3.8, 4) is 0 Å². The second-order valence-electron chi connectivity index (χ2n) is 5.10. The fraction of sp³-hybridized carbons (Fsp3) is 1.00. The molecule has 0 amide bonds. The van der Waals surface area contributed by atoms with E-state index in [-0.39, 0.29) is 6.10 Å². The SMILES string of the molecule is CCC(O)C1CCCCN1CCN(CC)CC. The predicted molar refractivity (Wildman–Crippen MR) is 73.3 cm³/mol. The number of aliphatic hydroxyl groups is 1. The van der Waals surface area contributed by atoms with Crippen LogP contribution >= 0.6 is 0 Å². The van der Waals surface area contributed by atoms with E-state index in [1.165, 1.54) is 25.8 Å². The predicted octanol–water partition coefficient (Wildman–Crippen LogP) is 1.95. The molecule has 0 radical (unpaired) electrons. The Balaban J connectivity index is 2.42. The van der Waals surface area contributed by atoms with Crippen LogP contribution in [-0.2, 0) is 0 Å². The van der Waals surface area contributed by atoms with Crippen molar-refractivity contribution in [3.05, 3.63) is 0 Å². The minimum absolute atomic E-state index is 0.132. The second-order valence-corrected chi connectivity index (χ2v) is 5.10. The summed E-state index contributed by atoms with van der Waals surface area (Å²) in [5.41, 5.74) is 0. The van der Waals surface area contributed by atoms with Crippen LogP contribution < -0.4 is 0 Å². The molecule has 1 rings (SSSR count). The summed E-state index contributed by atoms with van der Waals surface area (Å²) in [5, 5.41) is 10.1. The van der Waals surface area contributed by atoms with Crippen LogP contribution in [0.4, 0.5) is 0 Å². The molecule has 0 bridgehead atoms. The zero-order valence-corrected chi connectivity index (χ0v) is 11.9. The third-order valence-electron chi connectivity index (χ3n) is 4.12. The maximum atomic E-state index is 10.1. The molecule has 0 saturated carbocycles. The summed E-state index contributed by atoms with van der Waals surface area (Å²) in [7, 11) is 0. The highest BCUT2D eigenvalue weighted by Gasteiger charge is 2.27. The van der Waals surface area contributed by atoms with Crippen molar-refractivity contribution in [1.82, 2.24) is 9.80 Å². The Hall–Kier alpha value is -0.120. The van der Waals surface area contributed by atoms with Gasteiger partial charge in [0.15, 0.2) is 0 Å². The topological polar surface area (TPSA) is 26.7 Å². The van der Waals surface area contributed by atoms with Crippen LogP contribution in [0.3, 0.4) is 0 Å². The van der Waals surface area contributed by atoms with E-state index in [9.17, 15) is 5.11 Å². The van der Waals surface area contributed by atoms with Crippen molar-refractivity contribution in [2.24, 2.45) is 0 Å². The molecule has 3 heteroatoms. The van der Waals surface area contributed by atoms with Gasteiger partial charge in [0, 0.05) is 19.1 Å². The molecule has 0 spiro atoms. The number of hydrogen-bond acceptors (Lipinski definition) is 3. The van der Waals surface area contributed by atoms with Crippen LogP contribution in [-0.4, -0.2) is 59.8 Å². The first-order chi connectivity index (χ1) is 8.22. The molecular weight excluding hydrogens is 212 g/mol. The van der Waals surface area contributed by atoms with Gasteiger partial charge in [-0.1, -0.05) is 27.2 Å². The van der Waals surface area contributed by atoms with E-state index in [2.05, 4.69) is 30.6 Å². The third kappa shape index (κ3) is 4.57. The van der Waals surface area contributed by atoms with Gasteiger partial charge in [-0.15, -0.1) is 0 Å². The fourth-order valence-electron chi connectivity index (χ4n) is 2.81. The number of likely N-dealkylation sites (N-methyl/N-ethyl adjacent to an activating group) is 1. The van der Waals surface area contributed by atoms with Gasteiger partial charge in [0.05, 0.1) is 6.10 Å². The minimum Gasteiger partial charge on any atom is -0.392 e. The molecule has 3 nitrogen and oxygen atoms in total. The summed E-state index contributed by atoms with van der Waals surface area (Å²) in [6, 6.07) is 0.407. The quantitative estimate of drug-likeness (QED) is 0.739. The Labute approximate surface area is 107 Å². The van der Waals surface area contributed by atoms with Crippen molar-refractivity contribution < 1.29 is 5.11 Å². The lowest BCUT2D eigenvalue weighted by Gasteiger charge is -2.39. The molecule has 102 valence electrons. The van der Waals surface area contributed by atoms with Crippen molar-refractivity contribution in [3.63, 3.8) is 0 Å². The Kier molecular flexibility index (Phi) is 7.09. The van der Waals surface area contributed by atoms with Gasteiger partial charge in [-0.2, -0.15) is 0 Å². The maximum absolute atomic E-state index is 10.1. The number of likely N-dealkylation sites (tertiary alicyclic amines) is 1. The van der Waals surface area contributed by atoms with Crippen LogP contribution in [0.1, 0.15) is 46.5 Å². The van der Waals surface area contributed by atoms with E-state index in [1.807, 2.05) is 0 Å². The van der Waals surface area contributed by atoms with Crippen molar-refractivity contribution in [2.75, 3.05) is 32.7 Å². The minimum atomic E-state index is -0.132. The zero-order valence-electron chi connectivity index (χ0n) is 11.9. The number of aliphatic hydroxyl groups excluding tert-OH is 1. The van der Waals surface area contributed by atoms with E-state index in [1.54, 1.807) is 0 Å². The molecule has 0 aliphatic carbocycles. The maximum Gasteiger partial charge on any atom is 0.0692 e. The summed E-state index contributed by atoms with van der Waals surface area (Å²) in [4.78, 5) is 4.97. The zero-order chi connectivity index (χ0) is 12.7. The first kappa shape index (κ1) is 14.9. The summed E-state index contributed by atoms with van der Waals surface area (Å²) < 4.78 is 0. The van der Waals surface area contributed by atoms with Gasteiger partial charge in [0.25, 0.3) is 0 Å². The molecule has 1 fully saturated rings. The normalized spacial score (nSPS) is 24.2. The van der Waals surface area contributed by atoms with Crippen molar-refractivity contribution in [1.29, 1.82) is 0 Å². The standard InChI is InChI=1S/C14H30N2O/c1-4-14(17)13-9-7-8-10-16(13)12-11-15(5-2)6-3/h13-14,17H,4-12H2,1-3H3. The van der Waals surface area contributed by atoms with Gasteiger partial charge in [0.1, 0.15) is 0 Å².